The molecule has 1 nitrogen and oxygen atoms in total. The highest BCUT2D eigenvalue weighted by molar-refractivity contribution is 7.12. The lowest BCUT2D eigenvalue weighted by atomic mass is 10.2. The van der Waals surface area contributed by atoms with E-state index < -0.39 is 0 Å². The van der Waals surface area contributed by atoms with Gasteiger partial charge in [0.05, 0.1) is 10.7 Å². The van der Waals surface area contributed by atoms with E-state index in [-0.39, 0.29) is 0 Å². The maximum atomic E-state index is 4.60. The Labute approximate surface area is 122 Å². The maximum absolute atomic E-state index is 4.60. The number of nitrogens with zero attached hydrogens (tertiary/aromatic N) is 1. The van der Waals surface area contributed by atoms with E-state index >= 15 is 0 Å². The highest BCUT2D eigenvalue weighted by Crippen LogP contribution is 2.21. The van der Waals surface area contributed by atoms with E-state index in [4.69, 9.17) is 0 Å². The summed E-state index contributed by atoms with van der Waals surface area (Å²) in [4.78, 5) is 5.80. The van der Waals surface area contributed by atoms with Crippen molar-refractivity contribution in [3.8, 4) is 0 Å². The minimum Gasteiger partial charge on any atom is -0.245 e. The Morgan fingerprint density at radius 3 is 2.47 bits per heavy atom. The van der Waals surface area contributed by atoms with Gasteiger partial charge in [0.2, 0.25) is 0 Å². The summed E-state index contributed by atoms with van der Waals surface area (Å²) in [5.74, 6) is 0. The lowest BCUT2D eigenvalue weighted by molar-refractivity contribution is 1.02. The first-order valence-electron chi connectivity index (χ1n) is 6.78. The summed E-state index contributed by atoms with van der Waals surface area (Å²) in [6.07, 6.45) is 11.8. The Morgan fingerprint density at radius 2 is 2.00 bits per heavy atom. The first-order chi connectivity index (χ1) is 9.21. The fraction of sp³-hybridized carbons (Fsp3) is 0.353. The molecule has 19 heavy (non-hydrogen) atoms. The molecule has 0 fully saturated rings. The smallest absolute Gasteiger partial charge is 0.0972 e. The van der Waals surface area contributed by atoms with Crippen molar-refractivity contribution in [2.75, 3.05) is 0 Å². The van der Waals surface area contributed by atoms with Crippen LogP contribution in [-0.4, -0.2) is 4.98 Å². The van der Waals surface area contributed by atoms with Crippen molar-refractivity contribution in [1.29, 1.82) is 0 Å². The molecule has 2 heteroatoms. The van der Waals surface area contributed by atoms with Crippen LogP contribution in [0.15, 0.2) is 43.0 Å². The van der Waals surface area contributed by atoms with E-state index in [1.165, 1.54) is 10.5 Å². The number of aryl methyl sites for hydroxylation is 1. The lowest BCUT2D eigenvalue weighted by Gasteiger charge is -1.89. The van der Waals surface area contributed by atoms with Crippen LogP contribution in [0.4, 0.5) is 0 Å². The largest absolute Gasteiger partial charge is 0.245 e. The zero-order chi connectivity index (χ0) is 14.7. The molecular weight excluding hydrogens is 250 g/mol. The molecule has 0 saturated carbocycles. The van der Waals surface area contributed by atoms with Crippen LogP contribution in [0.5, 0.6) is 0 Å². The van der Waals surface area contributed by atoms with Crippen LogP contribution in [0.1, 0.15) is 43.3 Å². The van der Waals surface area contributed by atoms with Gasteiger partial charge in [0, 0.05) is 11.3 Å². The Morgan fingerprint density at radius 1 is 1.32 bits per heavy atom. The van der Waals surface area contributed by atoms with Gasteiger partial charge in [-0.05, 0) is 13.3 Å². The molecule has 0 spiro atoms. The SMILES string of the molecule is C=C/C=C(C)\C=C/Cc1nc(CC)c(C=C)s1.CC. The summed E-state index contributed by atoms with van der Waals surface area (Å²) < 4.78 is 0. The van der Waals surface area contributed by atoms with E-state index in [9.17, 15) is 0 Å². The molecule has 1 aromatic heterocycles. The molecule has 104 valence electrons. The number of hydrogen-bond acceptors (Lipinski definition) is 2. The van der Waals surface area contributed by atoms with E-state index in [0.717, 1.165) is 23.5 Å². The predicted octanol–water partition coefficient (Wildman–Crippen LogP) is 5.61. The van der Waals surface area contributed by atoms with Crippen molar-refractivity contribution >= 4 is 17.4 Å². The fourth-order valence-corrected chi connectivity index (χ4v) is 2.48. The zero-order valence-electron chi connectivity index (χ0n) is 12.6. The molecule has 1 aromatic rings. The van der Waals surface area contributed by atoms with E-state index in [1.54, 1.807) is 17.4 Å². The molecule has 1 heterocycles. The van der Waals surface area contributed by atoms with Crippen molar-refractivity contribution in [1.82, 2.24) is 4.98 Å². The van der Waals surface area contributed by atoms with Crippen LogP contribution in [-0.2, 0) is 12.8 Å². The van der Waals surface area contributed by atoms with Gasteiger partial charge < -0.3 is 0 Å². The Kier molecular flexibility index (Phi) is 9.73. The summed E-state index contributed by atoms with van der Waals surface area (Å²) in [7, 11) is 0. The first-order valence-corrected chi connectivity index (χ1v) is 7.59. The number of rotatable bonds is 6. The standard InChI is InChI=1S/C15H19NS.C2H6/c1-5-9-12(4)10-8-11-15-16-13(6-2)14(7-3)17-15;1-2/h5,7-10H,1,3,6,11H2,2,4H3;1-2H3/b10-8-,12-9-;. The van der Waals surface area contributed by atoms with Crippen molar-refractivity contribution in [2.24, 2.45) is 0 Å². The van der Waals surface area contributed by atoms with E-state index in [1.807, 2.05) is 26.0 Å². The van der Waals surface area contributed by atoms with Crippen LogP contribution in [0.2, 0.25) is 0 Å². The van der Waals surface area contributed by atoms with Gasteiger partial charge in [-0.1, -0.05) is 69.9 Å². The Balaban J connectivity index is 0.00000154. The summed E-state index contributed by atoms with van der Waals surface area (Å²) in [5.41, 5.74) is 2.36. The molecule has 0 aliphatic carbocycles. The molecule has 0 radical (unpaired) electrons. The average molecular weight is 275 g/mol. The highest BCUT2D eigenvalue weighted by Gasteiger charge is 2.05. The summed E-state index contributed by atoms with van der Waals surface area (Å²) >= 11 is 1.73. The molecule has 0 amide bonds. The topological polar surface area (TPSA) is 12.9 Å². The molecule has 0 aliphatic heterocycles. The fourth-order valence-electron chi connectivity index (χ4n) is 1.50. The molecular formula is C17H25NS. The van der Waals surface area contributed by atoms with Crippen molar-refractivity contribution in [2.45, 2.75) is 40.5 Å². The van der Waals surface area contributed by atoms with Crippen molar-refractivity contribution in [3.63, 3.8) is 0 Å². The van der Waals surface area contributed by atoms with Gasteiger partial charge in [0.15, 0.2) is 0 Å². The molecule has 0 saturated heterocycles. The Hall–Kier alpha value is -1.41. The van der Waals surface area contributed by atoms with Crippen LogP contribution >= 0.6 is 11.3 Å². The van der Waals surface area contributed by atoms with Gasteiger partial charge in [-0.3, -0.25) is 0 Å². The van der Waals surface area contributed by atoms with E-state index in [0.29, 0.717) is 0 Å². The van der Waals surface area contributed by atoms with Gasteiger partial charge in [-0.2, -0.15) is 0 Å². The second kappa shape index (κ2) is 10.5. The third kappa shape index (κ3) is 6.35. The van der Waals surface area contributed by atoms with E-state index in [2.05, 4.69) is 44.1 Å². The third-order valence-corrected chi connectivity index (χ3v) is 3.46. The third-order valence-electron chi connectivity index (χ3n) is 2.35. The zero-order valence-corrected chi connectivity index (χ0v) is 13.4. The molecule has 0 bridgehead atoms. The summed E-state index contributed by atoms with van der Waals surface area (Å²) in [5, 5.41) is 1.15. The molecule has 0 aromatic carbocycles. The van der Waals surface area contributed by atoms with Gasteiger partial charge in [-0.25, -0.2) is 4.98 Å². The predicted molar refractivity (Wildman–Crippen MR) is 89.7 cm³/mol. The maximum Gasteiger partial charge on any atom is 0.0972 e. The van der Waals surface area contributed by atoms with Gasteiger partial charge >= 0.3 is 0 Å². The average Bonchev–Trinajstić information content (AvgIpc) is 2.83. The normalized spacial score (nSPS) is 11.1. The number of hydrogen-bond donors (Lipinski definition) is 0. The van der Waals surface area contributed by atoms with Crippen molar-refractivity contribution in [3.05, 3.63) is 58.6 Å². The second-order valence-corrected chi connectivity index (χ2v) is 4.84. The first kappa shape index (κ1) is 17.6. The quantitative estimate of drug-likeness (QED) is 0.615. The van der Waals surface area contributed by atoms with Crippen LogP contribution in [0.3, 0.4) is 0 Å². The highest BCUT2D eigenvalue weighted by atomic mass is 32.1. The van der Waals surface area contributed by atoms with Crippen molar-refractivity contribution < 1.29 is 0 Å². The molecule has 0 N–H and O–H groups in total. The molecule has 0 atom stereocenters. The van der Waals surface area contributed by atoms with Crippen LogP contribution in [0, 0.1) is 0 Å². The second-order valence-electron chi connectivity index (χ2n) is 3.73. The lowest BCUT2D eigenvalue weighted by Crippen LogP contribution is -1.84. The Bertz CT molecular complexity index is 450. The monoisotopic (exact) mass is 275 g/mol. The van der Waals surface area contributed by atoms with Crippen LogP contribution < -0.4 is 0 Å². The summed E-state index contributed by atoms with van der Waals surface area (Å²) in [6, 6.07) is 0. The molecule has 1 rings (SSSR count). The number of thiazole rings is 1. The van der Waals surface area contributed by atoms with Gasteiger partial charge in [0.1, 0.15) is 0 Å². The van der Waals surface area contributed by atoms with Crippen LogP contribution in [0.25, 0.3) is 6.08 Å². The molecule has 0 aliphatic rings. The summed E-state index contributed by atoms with van der Waals surface area (Å²) in [6.45, 7) is 15.7. The molecule has 0 unspecified atom stereocenters. The van der Waals surface area contributed by atoms with Gasteiger partial charge in [0.25, 0.3) is 0 Å². The minimum absolute atomic E-state index is 0.883. The minimum atomic E-state index is 0.883. The number of allylic oxidation sites excluding steroid dienone is 5. The van der Waals surface area contributed by atoms with Gasteiger partial charge in [-0.15, -0.1) is 11.3 Å². The number of aromatic nitrogens is 1.